The summed E-state index contributed by atoms with van der Waals surface area (Å²) in [7, 11) is 1.64. The molecular formula is C15H14Cl3NO. The highest BCUT2D eigenvalue weighted by molar-refractivity contribution is 6.48. The van der Waals surface area contributed by atoms with Gasteiger partial charge in [0.2, 0.25) is 0 Å². The second kappa shape index (κ2) is 6.57. The molecule has 0 aliphatic carbocycles. The first-order valence-corrected chi connectivity index (χ1v) is 7.20. The van der Waals surface area contributed by atoms with E-state index in [0.29, 0.717) is 15.1 Å². The van der Waals surface area contributed by atoms with Gasteiger partial charge < -0.3 is 10.1 Å². The molecule has 0 radical (unpaired) electrons. The predicted octanol–water partition coefficient (Wildman–Crippen LogP) is 5.83. The summed E-state index contributed by atoms with van der Waals surface area (Å²) in [6.07, 6.45) is 0. The highest BCUT2D eigenvalue weighted by Crippen LogP contribution is 2.36. The third-order valence-corrected chi connectivity index (χ3v) is 4.29. The van der Waals surface area contributed by atoms with Crippen molar-refractivity contribution in [3.05, 3.63) is 57.0 Å². The molecule has 0 amide bonds. The van der Waals surface area contributed by atoms with Crippen molar-refractivity contribution in [2.75, 3.05) is 12.4 Å². The molecule has 106 valence electrons. The Hall–Kier alpha value is -1.09. The van der Waals surface area contributed by atoms with Crippen LogP contribution in [0.1, 0.15) is 18.5 Å². The lowest BCUT2D eigenvalue weighted by Gasteiger charge is -2.18. The number of ether oxygens (including phenoxy) is 1. The fourth-order valence-corrected chi connectivity index (χ4v) is 2.62. The molecule has 2 aromatic carbocycles. The SMILES string of the molecule is COc1cccc(NC(C)c2ccc(Cl)c(Cl)c2Cl)c1. The third-order valence-electron chi connectivity index (χ3n) is 2.98. The molecule has 0 fully saturated rings. The average Bonchev–Trinajstić information content (AvgIpc) is 2.45. The van der Waals surface area contributed by atoms with Crippen molar-refractivity contribution in [3.63, 3.8) is 0 Å². The quantitative estimate of drug-likeness (QED) is 0.712. The zero-order valence-corrected chi connectivity index (χ0v) is 13.4. The summed E-state index contributed by atoms with van der Waals surface area (Å²) in [4.78, 5) is 0. The van der Waals surface area contributed by atoms with Crippen LogP contribution < -0.4 is 10.1 Å². The van der Waals surface area contributed by atoms with E-state index in [1.807, 2.05) is 37.3 Å². The fraction of sp³-hybridized carbons (Fsp3) is 0.200. The Kier molecular flexibility index (Phi) is 5.03. The van der Waals surface area contributed by atoms with Gasteiger partial charge in [-0.1, -0.05) is 46.9 Å². The van der Waals surface area contributed by atoms with Gasteiger partial charge in [0.05, 0.1) is 28.2 Å². The molecule has 0 saturated carbocycles. The molecule has 20 heavy (non-hydrogen) atoms. The molecule has 0 heterocycles. The predicted molar refractivity (Wildman–Crippen MR) is 86.5 cm³/mol. The summed E-state index contributed by atoms with van der Waals surface area (Å²) in [5.41, 5.74) is 1.84. The summed E-state index contributed by atoms with van der Waals surface area (Å²) in [6.45, 7) is 2.00. The standard InChI is InChI=1S/C15H14Cl3NO/c1-9(12-6-7-13(16)15(18)14(12)17)19-10-4-3-5-11(8-10)20-2/h3-9,19H,1-2H3. The van der Waals surface area contributed by atoms with Crippen LogP contribution in [0.15, 0.2) is 36.4 Å². The van der Waals surface area contributed by atoms with Crippen LogP contribution in [0.2, 0.25) is 15.1 Å². The molecule has 0 aliphatic rings. The van der Waals surface area contributed by atoms with Crippen LogP contribution in [0.5, 0.6) is 5.75 Å². The van der Waals surface area contributed by atoms with Gasteiger partial charge in [0.25, 0.3) is 0 Å². The van der Waals surface area contributed by atoms with Crippen LogP contribution in [0, 0.1) is 0 Å². The van der Waals surface area contributed by atoms with Crippen LogP contribution in [0.25, 0.3) is 0 Å². The summed E-state index contributed by atoms with van der Waals surface area (Å²) < 4.78 is 5.20. The van der Waals surface area contributed by atoms with Gasteiger partial charge in [0, 0.05) is 11.8 Å². The maximum Gasteiger partial charge on any atom is 0.120 e. The van der Waals surface area contributed by atoms with Gasteiger partial charge in [-0.2, -0.15) is 0 Å². The van der Waals surface area contributed by atoms with E-state index in [1.165, 1.54) is 0 Å². The molecule has 0 spiro atoms. The minimum absolute atomic E-state index is 0.00984. The number of halogens is 3. The van der Waals surface area contributed by atoms with Crippen molar-refractivity contribution in [1.29, 1.82) is 0 Å². The van der Waals surface area contributed by atoms with E-state index >= 15 is 0 Å². The zero-order chi connectivity index (χ0) is 14.7. The number of rotatable bonds is 4. The van der Waals surface area contributed by atoms with Crippen molar-refractivity contribution >= 4 is 40.5 Å². The van der Waals surface area contributed by atoms with Gasteiger partial charge in [-0.25, -0.2) is 0 Å². The monoisotopic (exact) mass is 329 g/mol. The van der Waals surface area contributed by atoms with Gasteiger partial charge in [0.15, 0.2) is 0 Å². The minimum Gasteiger partial charge on any atom is -0.497 e. The van der Waals surface area contributed by atoms with Crippen LogP contribution in [0.3, 0.4) is 0 Å². The average molecular weight is 331 g/mol. The van der Waals surface area contributed by atoms with E-state index in [1.54, 1.807) is 13.2 Å². The Morgan fingerprint density at radius 3 is 2.50 bits per heavy atom. The Morgan fingerprint density at radius 1 is 1.05 bits per heavy atom. The smallest absolute Gasteiger partial charge is 0.120 e. The topological polar surface area (TPSA) is 21.3 Å². The maximum absolute atomic E-state index is 6.24. The number of hydrogen-bond donors (Lipinski definition) is 1. The van der Waals surface area contributed by atoms with E-state index < -0.39 is 0 Å². The van der Waals surface area contributed by atoms with Crippen LogP contribution in [-0.4, -0.2) is 7.11 Å². The van der Waals surface area contributed by atoms with Gasteiger partial charge in [0.1, 0.15) is 5.75 Å². The van der Waals surface area contributed by atoms with E-state index in [0.717, 1.165) is 17.0 Å². The summed E-state index contributed by atoms with van der Waals surface area (Å²) in [6, 6.07) is 11.3. The van der Waals surface area contributed by atoms with Crippen LogP contribution in [-0.2, 0) is 0 Å². The Bertz CT molecular complexity index is 616. The maximum atomic E-state index is 6.24. The number of methoxy groups -OCH3 is 1. The first kappa shape index (κ1) is 15.3. The third kappa shape index (κ3) is 3.32. The second-order valence-electron chi connectivity index (χ2n) is 4.36. The van der Waals surface area contributed by atoms with Crippen LogP contribution >= 0.6 is 34.8 Å². The molecule has 2 rings (SSSR count). The molecule has 2 aromatic rings. The van der Waals surface area contributed by atoms with E-state index in [2.05, 4.69) is 5.32 Å². The largest absolute Gasteiger partial charge is 0.497 e. The lowest BCUT2D eigenvalue weighted by Crippen LogP contribution is -2.07. The van der Waals surface area contributed by atoms with Crippen molar-refractivity contribution in [1.82, 2.24) is 0 Å². The molecule has 0 aromatic heterocycles. The van der Waals surface area contributed by atoms with E-state index in [4.69, 9.17) is 39.5 Å². The highest BCUT2D eigenvalue weighted by atomic mass is 35.5. The zero-order valence-electron chi connectivity index (χ0n) is 11.1. The molecule has 1 N–H and O–H groups in total. The van der Waals surface area contributed by atoms with Gasteiger partial charge in [-0.05, 0) is 30.7 Å². The van der Waals surface area contributed by atoms with Crippen molar-refractivity contribution in [2.24, 2.45) is 0 Å². The highest BCUT2D eigenvalue weighted by Gasteiger charge is 2.14. The fourth-order valence-electron chi connectivity index (χ4n) is 1.92. The Balaban J connectivity index is 2.23. The molecular weight excluding hydrogens is 317 g/mol. The van der Waals surface area contributed by atoms with Gasteiger partial charge >= 0.3 is 0 Å². The second-order valence-corrected chi connectivity index (χ2v) is 5.53. The van der Waals surface area contributed by atoms with Gasteiger partial charge in [-0.15, -0.1) is 0 Å². The van der Waals surface area contributed by atoms with Crippen molar-refractivity contribution < 1.29 is 4.74 Å². The first-order chi connectivity index (χ1) is 9.52. The normalized spacial score (nSPS) is 12.1. The van der Waals surface area contributed by atoms with Crippen LogP contribution in [0.4, 0.5) is 5.69 Å². The number of hydrogen-bond acceptors (Lipinski definition) is 2. The summed E-state index contributed by atoms with van der Waals surface area (Å²) in [5, 5.41) is 4.66. The molecule has 0 aliphatic heterocycles. The molecule has 2 nitrogen and oxygen atoms in total. The minimum atomic E-state index is -0.00984. The molecule has 0 saturated heterocycles. The van der Waals surface area contributed by atoms with Crippen molar-refractivity contribution in [3.8, 4) is 5.75 Å². The van der Waals surface area contributed by atoms with E-state index in [9.17, 15) is 0 Å². The number of benzene rings is 2. The molecule has 0 bridgehead atoms. The lowest BCUT2D eigenvalue weighted by molar-refractivity contribution is 0.415. The Labute approximate surface area is 133 Å². The molecule has 5 heteroatoms. The number of nitrogens with one attached hydrogen (secondary N) is 1. The number of anilines is 1. The summed E-state index contributed by atoms with van der Waals surface area (Å²) >= 11 is 18.2. The van der Waals surface area contributed by atoms with Gasteiger partial charge in [-0.3, -0.25) is 0 Å². The van der Waals surface area contributed by atoms with E-state index in [-0.39, 0.29) is 6.04 Å². The first-order valence-electron chi connectivity index (χ1n) is 6.07. The van der Waals surface area contributed by atoms with Crippen molar-refractivity contribution in [2.45, 2.75) is 13.0 Å². The molecule has 1 unspecified atom stereocenters. The Morgan fingerprint density at radius 2 is 1.80 bits per heavy atom. The molecule has 1 atom stereocenters. The lowest BCUT2D eigenvalue weighted by atomic mass is 10.1. The summed E-state index contributed by atoms with van der Waals surface area (Å²) in [5.74, 6) is 0.794.